The molecule has 1 saturated heterocycles. The van der Waals surface area contributed by atoms with Gasteiger partial charge in [0.15, 0.2) is 0 Å². The molecule has 2 N–H and O–H groups in total. The number of aliphatic hydroxyl groups is 1. The fourth-order valence-corrected chi connectivity index (χ4v) is 2.83. The SMILES string of the molecule is CCCCCC(O)C=CC1CCC(=O)N1C/C=C\CCCC(=O)O. The van der Waals surface area contributed by atoms with Crippen molar-refractivity contribution >= 4 is 11.9 Å². The van der Waals surface area contributed by atoms with Crippen LogP contribution in [-0.4, -0.2) is 45.7 Å². The Morgan fingerprint density at radius 1 is 1.33 bits per heavy atom. The van der Waals surface area contributed by atoms with E-state index in [1.54, 1.807) is 0 Å². The zero-order valence-electron chi connectivity index (χ0n) is 14.7. The van der Waals surface area contributed by atoms with Crippen molar-refractivity contribution in [2.24, 2.45) is 0 Å². The summed E-state index contributed by atoms with van der Waals surface area (Å²) < 4.78 is 0. The number of amides is 1. The average molecular weight is 337 g/mol. The highest BCUT2D eigenvalue weighted by Crippen LogP contribution is 2.20. The normalized spacial score (nSPS) is 19.7. The Labute approximate surface area is 145 Å². The maximum atomic E-state index is 12.0. The van der Waals surface area contributed by atoms with Crippen molar-refractivity contribution < 1.29 is 19.8 Å². The van der Waals surface area contributed by atoms with Crippen LogP contribution in [0.25, 0.3) is 0 Å². The minimum Gasteiger partial charge on any atom is -0.481 e. The third-order valence-electron chi connectivity index (χ3n) is 4.26. The molecule has 0 aromatic rings. The molecule has 1 aliphatic rings. The number of carbonyl (C=O) groups excluding carboxylic acids is 1. The molecule has 24 heavy (non-hydrogen) atoms. The minimum absolute atomic E-state index is 0.0574. The standard InChI is InChI=1S/C19H31NO4/c1-2-3-6-9-17(21)13-11-16-12-14-18(22)20(16)15-8-5-4-7-10-19(23)24/h5,8,11,13,16-17,21H,2-4,6-7,9-10,12,14-15H2,1H3,(H,23,24)/b8-5-,13-11?. The van der Waals surface area contributed by atoms with Gasteiger partial charge in [-0.15, -0.1) is 0 Å². The van der Waals surface area contributed by atoms with Crippen molar-refractivity contribution in [2.45, 2.75) is 76.9 Å². The molecule has 136 valence electrons. The van der Waals surface area contributed by atoms with Crippen LogP contribution in [0.15, 0.2) is 24.3 Å². The van der Waals surface area contributed by atoms with Gasteiger partial charge in [-0.1, -0.05) is 50.5 Å². The van der Waals surface area contributed by atoms with E-state index in [2.05, 4.69) is 6.92 Å². The smallest absolute Gasteiger partial charge is 0.303 e. The molecule has 5 heteroatoms. The van der Waals surface area contributed by atoms with Crippen LogP contribution in [-0.2, 0) is 9.59 Å². The molecule has 1 heterocycles. The zero-order chi connectivity index (χ0) is 17.8. The van der Waals surface area contributed by atoms with Gasteiger partial charge in [0.1, 0.15) is 0 Å². The number of hydrogen-bond donors (Lipinski definition) is 2. The van der Waals surface area contributed by atoms with Crippen LogP contribution in [0, 0.1) is 0 Å². The van der Waals surface area contributed by atoms with Gasteiger partial charge in [-0.25, -0.2) is 0 Å². The van der Waals surface area contributed by atoms with Gasteiger partial charge >= 0.3 is 5.97 Å². The summed E-state index contributed by atoms with van der Waals surface area (Å²) in [5.74, 6) is -0.638. The number of likely N-dealkylation sites (tertiary alicyclic amines) is 1. The van der Waals surface area contributed by atoms with Crippen molar-refractivity contribution in [1.29, 1.82) is 0 Å². The maximum Gasteiger partial charge on any atom is 0.303 e. The molecule has 0 aromatic heterocycles. The Kier molecular flexibility index (Phi) is 10.1. The lowest BCUT2D eigenvalue weighted by Crippen LogP contribution is -2.32. The van der Waals surface area contributed by atoms with Gasteiger partial charge in [-0.3, -0.25) is 9.59 Å². The minimum atomic E-state index is -0.777. The van der Waals surface area contributed by atoms with E-state index in [9.17, 15) is 14.7 Å². The van der Waals surface area contributed by atoms with Crippen LogP contribution in [0.5, 0.6) is 0 Å². The van der Waals surface area contributed by atoms with E-state index in [0.29, 0.717) is 25.8 Å². The number of unbranched alkanes of at least 4 members (excludes halogenated alkanes) is 3. The Morgan fingerprint density at radius 3 is 2.83 bits per heavy atom. The molecule has 0 aliphatic carbocycles. The lowest BCUT2D eigenvalue weighted by atomic mass is 10.1. The summed E-state index contributed by atoms with van der Waals surface area (Å²) in [5.41, 5.74) is 0. The van der Waals surface area contributed by atoms with E-state index in [4.69, 9.17) is 5.11 Å². The van der Waals surface area contributed by atoms with E-state index in [0.717, 1.165) is 32.1 Å². The van der Waals surface area contributed by atoms with Crippen molar-refractivity contribution in [3.8, 4) is 0 Å². The van der Waals surface area contributed by atoms with Gasteiger partial charge in [-0.05, 0) is 25.7 Å². The van der Waals surface area contributed by atoms with E-state index >= 15 is 0 Å². The lowest BCUT2D eigenvalue weighted by molar-refractivity contribution is -0.137. The first-order chi connectivity index (χ1) is 11.5. The van der Waals surface area contributed by atoms with Crippen LogP contribution < -0.4 is 0 Å². The van der Waals surface area contributed by atoms with Gasteiger partial charge < -0.3 is 15.1 Å². The highest BCUT2D eigenvalue weighted by Gasteiger charge is 2.27. The van der Waals surface area contributed by atoms with E-state index in [-0.39, 0.29) is 18.4 Å². The van der Waals surface area contributed by atoms with Gasteiger partial charge in [0, 0.05) is 19.4 Å². The zero-order valence-corrected chi connectivity index (χ0v) is 14.7. The number of nitrogens with zero attached hydrogens (tertiary/aromatic N) is 1. The number of hydrogen-bond acceptors (Lipinski definition) is 3. The number of aliphatic hydroxyl groups excluding tert-OH is 1. The molecular formula is C19H31NO4. The van der Waals surface area contributed by atoms with Crippen LogP contribution >= 0.6 is 0 Å². The Morgan fingerprint density at radius 2 is 2.12 bits per heavy atom. The molecule has 0 bridgehead atoms. The summed E-state index contributed by atoms with van der Waals surface area (Å²) >= 11 is 0. The molecular weight excluding hydrogens is 306 g/mol. The molecule has 0 spiro atoms. The number of allylic oxidation sites excluding steroid dienone is 1. The fourth-order valence-electron chi connectivity index (χ4n) is 2.83. The Bertz CT molecular complexity index is 445. The van der Waals surface area contributed by atoms with Gasteiger partial charge in [-0.2, -0.15) is 0 Å². The molecule has 0 aromatic carbocycles. The van der Waals surface area contributed by atoms with Crippen molar-refractivity contribution in [3.05, 3.63) is 24.3 Å². The Hall–Kier alpha value is -1.62. The number of aliphatic carboxylic acids is 1. The largest absolute Gasteiger partial charge is 0.481 e. The van der Waals surface area contributed by atoms with Crippen LogP contribution in [0.1, 0.15) is 64.7 Å². The molecule has 1 rings (SSSR count). The number of carboxylic acids is 1. The molecule has 1 fully saturated rings. The number of rotatable bonds is 12. The third-order valence-corrected chi connectivity index (χ3v) is 4.26. The number of carboxylic acid groups (broad SMARTS) is 1. The summed E-state index contributed by atoms with van der Waals surface area (Å²) in [6.07, 6.45) is 14.1. The second kappa shape index (κ2) is 11.8. The van der Waals surface area contributed by atoms with Crippen molar-refractivity contribution in [2.75, 3.05) is 6.54 Å². The summed E-state index contributed by atoms with van der Waals surface area (Å²) in [5, 5.41) is 18.5. The monoisotopic (exact) mass is 337 g/mol. The Balaban J connectivity index is 2.37. The second-order valence-electron chi connectivity index (χ2n) is 6.36. The van der Waals surface area contributed by atoms with Crippen LogP contribution in [0.2, 0.25) is 0 Å². The average Bonchev–Trinajstić information content (AvgIpc) is 2.89. The molecule has 5 nitrogen and oxygen atoms in total. The highest BCUT2D eigenvalue weighted by atomic mass is 16.4. The molecule has 2 atom stereocenters. The second-order valence-corrected chi connectivity index (χ2v) is 6.36. The van der Waals surface area contributed by atoms with E-state index < -0.39 is 12.1 Å². The predicted octanol–water partition coefficient (Wildman–Crippen LogP) is 3.29. The molecule has 0 radical (unpaired) electrons. The third kappa shape index (κ3) is 8.29. The summed E-state index contributed by atoms with van der Waals surface area (Å²) in [6.45, 7) is 2.69. The summed E-state index contributed by atoms with van der Waals surface area (Å²) in [7, 11) is 0. The first kappa shape index (κ1) is 20.4. The summed E-state index contributed by atoms with van der Waals surface area (Å²) in [6, 6.07) is 0.0574. The topological polar surface area (TPSA) is 77.8 Å². The van der Waals surface area contributed by atoms with Gasteiger partial charge in [0.2, 0.25) is 5.91 Å². The van der Waals surface area contributed by atoms with Gasteiger partial charge in [0.05, 0.1) is 12.1 Å². The van der Waals surface area contributed by atoms with Crippen LogP contribution in [0.4, 0.5) is 0 Å². The first-order valence-corrected chi connectivity index (χ1v) is 9.07. The molecule has 0 saturated carbocycles. The first-order valence-electron chi connectivity index (χ1n) is 9.07. The quantitative estimate of drug-likeness (QED) is 0.423. The van der Waals surface area contributed by atoms with Gasteiger partial charge in [0.25, 0.3) is 0 Å². The van der Waals surface area contributed by atoms with E-state index in [1.807, 2.05) is 29.2 Å². The fraction of sp³-hybridized carbons (Fsp3) is 0.684. The lowest BCUT2D eigenvalue weighted by Gasteiger charge is -2.21. The van der Waals surface area contributed by atoms with Crippen molar-refractivity contribution in [1.82, 2.24) is 4.90 Å². The molecule has 1 aliphatic heterocycles. The summed E-state index contributed by atoms with van der Waals surface area (Å²) in [4.78, 5) is 24.2. The van der Waals surface area contributed by atoms with E-state index in [1.165, 1.54) is 0 Å². The molecule has 2 unspecified atom stereocenters. The van der Waals surface area contributed by atoms with Crippen molar-refractivity contribution in [3.63, 3.8) is 0 Å². The maximum absolute atomic E-state index is 12.0. The van der Waals surface area contributed by atoms with Crippen LogP contribution in [0.3, 0.4) is 0 Å². The highest BCUT2D eigenvalue weighted by molar-refractivity contribution is 5.79. The predicted molar refractivity (Wildman–Crippen MR) is 94.7 cm³/mol. The molecule has 1 amide bonds. The number of carbonyl (C=O) groups is 2.